The first-order valence-electron chi connectivity index (χ1n) is 10.5. The third kappa shape index (κ3) is 4.00. The van der Waals surface area contributed by atoms with Crippen LogP contribution in [-0.2, 0) is 0 Å². The van der Waals surface area contributed by atoms with E-state index in [0.29, 0.717) is 16.7 Å². The normalized spacial score (nSPS) is 12.7. The van der Waals surface area contributed by atoms with Crippen molar-refractivity contribution in [1.29, 1.82) is 0 Å². The number of aromatic hydroxyl groups is 1. The molecule has 7 heteroatoms. The van der Waals surface area contributed by atoms with Crippen molar-refractivity contribution in [3.63, 3.8) is 0 Å². The summed E-state index contributed by atoms with van der Waals surface area (Å²) in [6.45, 7) is 8.15. The van der Waals surface area contributed by atoms with Gasteiger partial charge < -0.3 is 9.67 Å². The quantitative estimate of drug-likeness (QED) is 0.365. The van der Waals surface area contributed by atoms with Crippen LogP contribution in [0.1, 0.15) is 49.0 Å². The number of hydrogen-bond acceptors (Lipinski definition) is 4. The van der Waals surface area contributed by atoms with Gasteiger partial charge in [0.15, 0.2) is 0 Å². The lowest BCUT2D eigenvalue weighted by molar-refractivity contribution is 0.475. The first-order valence-corrected chi connectivity index (χ1v) is 11.3. The Morgan fingerprint density at radius 3 is 2.56 bits per heavy atom. The molecule has 0 saturated carbocycles. The Morgan fingerprint density at radius 1 is 1.16 bits per heavy atom. The molecule has 1 atom stereocenters. The Labute approximate surface area is 195 Å². The molecule has 0 aliphatic rings. The predicted octanol–water partition coefficient (Wildman–Crippen LogP) is 5.67. The molecule has 0 bridgehead atoms. The molecule has 0 saturated heterocycles. The number of benzene rings is 2. The smallest absolute Gasteiger partial charge is 0.282 e. The molecule has 164 valence electrons. The zero-order valence-electron chi connectivity index (χ0n) is 18.5. The highest BCUT2D eigenvalue weighted by molar-refractivity contribution is 9.10. The van der Waals surface area contributed by atoms with E-state index in [9.17, 15) is 9.90 Å². The molecule has 2 aromatic heterocycles. The van der Waals surface area contributed by atoms with E-state index in [1.165, 1.54) is 4.68 Å². The van der Waals surface area contributed by atoms with Crippen LogP contribution in [-0.4, -0.2) is 25.5 Å². The van der Waals surface area contributed by atoms with Gasteiger partial charge in [0, 0.05) is 33.0 Å². The van der Waals surface area contributed by atoms with E-state index in [0.717, 1.165) is 33.5 Å². The number of aryl methyl sites for hydroxylation is 1. The summed E-state index contributed by atoms with van der Waals surface area (Å²) in [5, 5.41) is 14.7. The zero-order valence-corrected chi connectivity index (χ0v) is 20.1. The van der Waals surface area contributed by atoms with E-state index in [-0.39, 0.29) is 17.2 Å². The fraction of sp³-hybridized carbons (Fsp3) is 0.240. The number of phenolic OH excluding ortho intramolecular Hbond substituents is 1. The predicted molar refractivity (Wildman–Crippen MR) is 132 cm³/mol. The Bertz CT molecular complexity index is 1380. The van der Waals surface area contributed by atoms with Crippen molar-refractivity contribution < 1.29 is 5.11 Å². The maximum Gasteiger partial charge on any atom is 0.282 e. The molecular weight excluding hydrogens is 468 g/mol. The van der Waals surface area contributed by atoms with Gasteiger partial charge in [-0.3, -0.25) is 4.79 Å². The lowest BCUT2D eigenvalue weighted by atomic mass is 10.1. The highest BCUT2D eigenvalue weighted by Crippen LogP contribution is 2.23. The maximum atomic E-state index is 13.3. The van der Waals surface area contributed by atoms with Gasteiger partial charge in [0.25, 0.3) is 5.56 Å². The first kappa shape index (κ1) is 22.0. The van der Waals surface area contributed by atoms with E-state index in [1.54, 1.807) is 24.4 Å². The average Bonchev–Trinajstić information content (AvgIpc) is 3.06. The van der Waals surface area contributed by atoms with E-state index in [4.69, 9.17) is 4.98 Å². The highest BCUT2D eigenvalue weighted by Gasteiger charge is 2.16. The first-order chi connectivity index (χ1) is 15.3. The van der Waals surface area contributed by atoms with Gasteiger partial charge in [-0.25, -0.2) is 4.98 Å². The molecule has 6 nitrogen and oxygen atoms in total. The van der Waals surface area contributed by atoms with Crippen LogP contribution in [0.4, 0.5) is 0 Å². The van der Waals surface area contributed by atoms with Crippen LogP contribution in [0, 0.1) is 13.8 Å². The number of rotatable bonds is 5. The van der Waals surface area contributed by atoms with Gasteiger partial charge in [0.05, 0.1) is 17.1 Å². The van der Waals surface area contributed by atoms with Gasteiger partial charge in [0.1, 0.15) is 11.6 Å². The number of hydrogen-bond donors (Lipinski definition) is 1. The molecule has 0 amide bonds. The fourth-order valence-electron chi connectivity index (χ4n) is 3.82. The molecule has 32 heavy (non-hydrogen) atoms. The summed E-state index contributed by atoms with van der Waals surface area (Å²) in [5.41, 5.74) is 4.37. The van der Waals surface area contributed by atoms with Crippen molar-refractivity contribution in [2.45, 2.75) is 40.0 Å². The van der Waals surface area contributed by atoms with Crippen LogP contribution in [0.3, 0.4) is 0 Å². The molecule has 4 rings (SSSR count). The second kappa shape index (κ2) is 8.74. The molecule has 0 aliphatic carbocycles. The van der Waals surface area contributed by atoms with Crippen molar-refractivity contribution in [3.05, 3.63) is 86.1 Å². The van der Waals surface area contributed by atoms with Crippen molar-refractivity contribution in [1.82, 2.24) is 14.2 Å². The lowest BCUT2D eigenvalue weighted by Crippen LogP contribution is -2.23. The summed E-state index contributed by atoms with van der Waals surface area (Å²) in [6.07, 6.45) is 2.57. The van der Waals surface area contributed by atoms with Crippen LogP contribution in [0.2, 0.25) is 0 Å². The van der Waals surface area contributed by atoms with Crippen LogP contribution in [0.25, 0.3) is 16.6 Å². The van der Waals surface area contributed by atoms with Crippen LogP contribution in [0.15, 0.2) is 62.9 Å². The molecule has 2 heterocycles. The van der Waals surface area contributed by atoms with Crippen molar-refractivity contribution in [3.8, 4) is 11.4 Å². The minimum absolute atomic E-state index is 0.0809. The maximum absolute atomic E-state index is 13.3. The number of halogens is 1. The van der Waals surface area contributed by atoms with Crippen LogP contribution >= 0.6 is 15.9 Å². The SMILES string of the molecule is CC[C@@H](C)c1nc2ccc(Br)cc2c(=O)n1N=Cc1cc(C)n(-c2ccc(O)cc2)c1C. The fourth-order valence-corrected chi connectivity index (χ4v) is 4.18. The Hall–Kier alpha value is -3.19. The molecule has 0 radical (unpaired) electrons. The van der Waals surface area contributed by atoms with E-state index in [2.05, 4.69) is 39.4 Å². The summed E-state index contributed by atoms with van der Waals surface area (Å²) in [7, 11) is 0. The minimum atomic E-state index is -0.185. The molecular formula is C25H25BrN4O2. The Balaban J connectivity index is 1.84. The van der Waals surface area contributed by atoms with Crippen LogP contribution < -0.4 is 5.56 Å². The largest absolute Gasteiger partial charge is 0.508 e. The second-order valence-electron chi connectivity index (χ2n) is 7.98. The van der Waals surface area contributed by atoms with Crippen LogP contribution in [0.5, 0.6) is 5.75 Å². The van der Waals surface area contributed by atoms with Crippen molar-refractivity contribution >= 4 is 33.0 Å². The van der Waals surface area contributed by atoms with Crippen molar-refractivity contribution in [2.75, 3.05) is 0 Å². The number of fused-ring (bicyclic) bond motifs is 1. The number of phenols is 1. The van der Waals surface area contributed by atoms with Gasteiger partial charge >= 0.3 is 0 Å². The second-order valence-corrected chi connectivity index (χ2v) is 8.90. The Kier molecular flexibility index (Phi) is 6.02. The molecule has 2 aromatic carbocycles. The van der Waals surface area contributed by atoms with Gasteiger partial charge in [-0.05, 0) is 68.8 Å². The summed E-state index contributed by atoms with van der Waals surface area (Å²) in [4.78, 5) is 18.1. The monoisotopic (exact) mass is 492 g/mol. The molecule has 0 spiro atoms. The third-order valence-corrected chi connectivity index (χ3v) is 6.27. The number of nitrogens with zero attached hydrogens (tertiary/aromatic N) is 4. The molecule has 4 aromatic rings. The highest BCUT2D eigenvalue weighted by atomic mass is 79.9. The zero-order chi connectivity index (χ0) is 23.0. The van der Waals surface area contributed by atoms with E-state index in [1.807, 2.05) is 44.2 Å². The van der Waals surface area contributed by atoms with Gasteiger partial charge in [-0.15, -0.1) is 0 Å². The van der Waals surface area contributed by atoms with E-state index < -0.39 is 0 Å². The van der Waals surface area contributed by atoms with Gasteiger partial charge in [0.2, 0.25) is 0 Å². The van der Waals surface area contributed by atoms with Gasteiger partial charge in [-0.2, -0.15) is 9.78 Å². The van der Waals surface area contributed by atoms with E-state index >= 15 is 0 Å². The molecule has 0 fully saturated rings. The summed E-state index contributed by atoms with van der Waals surface area (Å²) < 4.78 is 4.35. The van der Waals surface area contributed by atoms with Crippen molar-refractivity contribution in [2.24, 2.45) is 5.10 Å². The third-order valence-electron chi connectivity index (χ3n) is 5.78. The lowest BCUT2D eigenvalue weighted by Gasteiger charge is -2.14. The Morgan fingerprint density at radius 2 is 1.88 bits per heavy atom. The van der Waals surface area contributed by atoms with Gasteiger partial charge in [-0.1, -0.05) is 29.8 Å². The molecule has 0 aliphatic heterocycles. The summed E-state index contributed by atoms with van der Waals surface area (Å²) in [6, 6.07) is 14.6. The minimum Gasteiger partial charge on any atom is -0.508 e. The standard InChI is InChI=1S/C25H25BrN4O2/c1-5-15(2)24-28-23-11-6-19(26)13-22(23)25(32)30(24)27-14-18-12-16(3)29(17(18)4)20-7-9-21(31)10-8-20/h6-15,31H,5H2,1-4H3/t15-/m1/s1. The molecule has 0 unspecified atom stereocenters. The summed E-state index contributed by atoms with van der Waals surface area (Å²) in [5.74, 6) is 0.957. The topological polar surface area (TPSA) is 72.4 Å². The number of aromatic nitrogens is 3. The molecule has 1 N–H and O–H groups in total. The summed E-state index contributed by atoms with van der Waals surface area (Å²) >= 11 is 3.44. The average molecular weight is 493 g/mol.